The molecule has 2 aromatic rings. The molecule has 1 heterocycles. The lowest BCUT2D eigenvalue weighted by Crippen LogP contribution is -2.29. The molecule has 0 amide bonds. The molecule has 0 aliphatic carbocycles. The van der Waals surface area contributed by atoms with Crippen molar-refractivity contribution >= 4 is 0 Å². The normalized spacial score (nSPS) is 12.4. The number of aryl methyl sites for hydroxylation is 1. The second-order valence-corrected chi connectivity index (χ2v) is 3.64. The van der Waals surface area contributed by atoms with Gasteiger partial charge in [-0.3, -0.25) is 5.84 Å². The van der Waals surface area contributed by atoms with Gasteiger partial charge in [-0.05, 0) is 18.6 Å². The molecule has 0 saturated heterocycles. The third-order valence-electron chi connectivity index (χ3n) is 2.48. The Morgan fingerprint density at radius 3 is 2.50 bits per heavy atom. The molecule has 82 valence electrons. The maximum atomic E-state index is 5.56. The van der Waals surface area contributed by atoms with Gasteiger partial charge >= 0.3 is 0 Å². The van der Waals surface area contributed by atoms with Crippen LogP contribution >= 0.6 is 0 Å². The largest absolute Gasteiger partial charge is 0.271 e. The summed E-state index contributed by atoms with van der Waals surface area (Å²) >= 11 is 0. The molecule has 0 bridgehead atoms. The Kier molecular flexibility index (Phi) is 3.24. The fourth-order valence-electron chi connectivity index (χ4n) is 1.58. The number of nitrogens with two attached hydrogens (primary N) is 1. The van der Waals surface area contributed by atoms with Crippen molar-refractivity contribution < 1.29 is 0 Å². The lowest BCUT2D eigenvalue weighted by molar-refractivity contribution is 0.619. The van der Waals surface area contributed by atoms with E-state index in [0.717, 1.165) is 11.3 Å². The fraction of sp³-hybridized carbons (Fsp3) is 0.167. The highest BCUT2D eigenvalue weighted by Crippen LogP contribution is 2.18. The van der Waals surface area contributed by atoms with Gasteiger partial charge in [0.1, 0.15) is 6.33 Å². The second kappa shape index (κ2) is 4.83. The van der Waals surface area contributed by atoms with Crippen LogP contribution in [-0.4, -0.2) is 9.97 Å². The van der Waals surface area contributed by atoms with Crippen LogP contribution in [0.4, 0.5) is 0 Å². The lowest BCUT2D eigenvalue weighted by atomic mass is 10.0. The number of hydrogen-bond acceptors (Lipinski definition) is 4. The second-order valence-electron chi connectivity index (χ2n) is 3.64. The monoisotopic (exact) mass is 214 g/mol. The molecule has 4 nitrogen and oxygen atoms in total. The van der Waals surface area contributed by atoms with Gasteiger partial charge in [-0.2, -0.15) is 0 Å². The smallest absolute Gasteiger partial charge is 0.115 e. The van der Waals surface area contributed by atoms with Gasteiger partial charge in [0, 0.05) is 6.20 Å². The van der Waals surface area contributed by atoms with Gasteiger partial charge in [0.15, 0.2) is 0 Å². The zero-order valence-corrected chi connectivity index (χ0v) is 9.09. The third kappa shape index (κ3) is 2.24. The number of nitrogens with one attached hydrogen (secondary N) is 1. The van der Waals surface area contributed by atoms with Crippen LogP contribution in [0.2, 0.25) is 0 Å². The Morgan fingerprint density at radius 1 is 1.19 bits per heavy atom. The summed E-state index contributed by atoms with van der Waals surface area (Å²) in [5, 5.41) is 0. The number of nitrogens with zero attached hydrogens (tertiary/aromatic N) is 2. The van der Waals surface area contributed by atoms with Crippen molar-refractivity contribution in [3.63, 3.8) is 0 Å². The van der Waals surface area contributed by atoms with Gasteiger partial charge in [0.2, 0.25) is 0 Å². The van der Waals surface area contributed by atoms with Crippen LogP contribution in [0.1, 0.15) is 22.9 Å². The minimum atomic E-state index is -0.0939. The van der Waals surface area contributed by atoms with E-state index in [1.165, 1.54) is 11.9 Å². The molecule has 0 aliphatic rings. The minimum absolute atomic E-state index is 0.0939. The zero-order chi connectivity index (χ0) is 11.4. The Hall–Kier alpha value is -1.78. The first-order chi connectivity index (χ1) is 7.81. The summed E-state index contributed by atoms with van der Waals surface area (Å²) in [5.41, 5.74) is 5.94. The third-order valence-corrected chi connectivity index (χ3v) is 2.48. The molecule has 16 heavy (non-hydrogen) atoms. The highest BCUT2D eigenvalue weighted by molar-refractivity contribution is 5.29. The molecule has 1 atom stereocenters. The van der Waals surface area contributed by atoms with E-state index in [9.17, 15) is 0 Å². The van der Waals surface area contributed by atoms with Gasteiger partial charge in [0.05, 0.1) is 11.7 Å². The summed E-state index contributed by atoms with van der Waals surface area (Å²) in [6.07, 6.45) is 3.23. The average molecular weight is 214 g/mol. The highest BCUT2D eigenvalue weighted by Gasteiger charge is 2.12. The van der Waals surface area contributed by atoms with E-state index in [4.69, 9.17) is 5.84 Å². The van der Waals surface area contributed by atoms with E-state index in [2.05, 4.69) is 34.5 Å². The molecule has 1 aromatic heterocycles. The predicted octanol–water partition coefficient (Wildman–Crippen LogP) is 1.34. The number of rotatable bonds is 3. The maximum absolute atomic E-state index is 5.56. The number of hydrazine groups is 1. The van der Waals surface area contributed by atoms with Crippen molar-refractivity contribution in [1.29, 1.82) is 0 Å². The minimum Gasteiger partial charge on any atom is -0.271 e. The summed E-state index contributed by atoms with van der Waals surface area (Å²) < 4.78 is 0. The first kappa shape index (κ1) is 10.7. The molecule has 0 radical (unpaired) electrons. The maximum Gasteiger partial charge on any atom is 0.115 e. The van der Waals surface area contributed by atoms with Gasteiger partial charge in [-0.25, -0.2) is 15.4 Å². The van der Waals surface area contributed by atoms with E-state index in [-0.39, 0.29) is 6.04 Å². The van der Waals surface area contributed by atoms with Gasteiger partial charge < -0.3 is 0 Å². The Balaban J connectivity index is 2.33. The SMILES string of the molecule is Cc1ccc(C(NN)c2ccncn2)cc1. The van der Waals surface area contributed by atoms with Crippen LogP contribution in [-0.2, 0) is 0 Å². The quantitative estimate of drug-likeness (QED) is 0.597. The van der Waals surface area contributed by atoms with Crippen molar-refractivity contribution in [1.82, 2.24) is 15.4 Å². The van der Waals surface area contributed by atoms with Crippen molar-refractivity contribution in [2.45, 2.75) is 13.0 Å². The molecule has 0 saturated carbocycles. The molecule has 1 aromatic carbocycles. The summed E-state index contributed by atoms with van der Waals surface area (Å²) in [4.78, 5) is 8.09. The summed E-state index contributed by atoms with van der Waals surface area (Å²) in [6, 6.07) is 9.96. The van der Waals surface area contributed by atoms with E-state index >= 15 is 0 Å². The molecule has 4 heteroatoms. The van der Waals surface area contributed by atoms with Crippen LogP contribution in [0.5, 0.6) is 0 Å². The predicted molar refractivity (Wildman–Crippen MR) is 62.4 cm³/mol. The van der Waals surface area contributed by atoms with E-state index < -0.39 is 0 Å². The van der Waals surface area contributed by atoms with Crippen LogP contribution in [0.15, 0.2) is 42.9 Å². The number of hydrogen-bond donors (Lipinski definition) is 2. The standard InChI is InChI=1S/C12H14N4/c1-9-2-4-10(5-3-9)12(16-13)11-6-7-14-8-15-11/h2-8,12,16H,13H2,1H3. The Bertz CT molecular complexity index is 438. The summed E-state index contributed by atoms with van der Waals surface area (Å²) in [5.74, 6) is 5.56. The van der Waals surface area contributed by atoms with Crippen LogP contribution in [0, 0.1) is 6.92 Å². The van der Waals surface area contributed by atoms with E-state index in [1.807, 2.05) is 18.2 Å². The van der Waals surface area contributed by atoms with Gasteiger partial charge in [-0.15, -0.1) is 0 Å². The fourth-order valence-corrected chi connectivity index (χ4v) is 1.58. The Morgan fingerprint density at radius 2 is 1.94 bits per heavy atom. The first-order valence-corrected chi connectivity index (χ1v) is 5.10. The van der Waals surface area contributed by atoms with Crippen LogP contribution < -0.4 is 11.3 Å². The van der Waals surface area contributed by atoms with Crippen LogP contribution in [0.25, 0.3) is 0 Å². The first-order valence-electron chi connectivity index (χ1n) is 5.10. The molecule has 0 fully saturated rings. The Labute approximate surface area is 94.5 Å². The highest BCUT2D eigenvalue weighted by atomic mass is 15.2. The number of benzene rings is 1. The summed E-state index contributed by atoms with van der Waals surface area (Å²) in [6.45, 7) is 2.05. The molecule has 0 spiro atoms. The lowest BCUT2D eigenvalue weighted by Gasteiger charge is -2.15. The molecule has 0 aliphatic heterocycles. The van der Waals surface area contributed by atoms with Crippen molar-refractivity contribution in [2.24, 2.45) is 5.84 Å². The molecular formula is C12H14N4. The van der Waals surface area contributed by atoms with Crippen molar-refractivity contribution in [2.75, 3.05) is 0 Å². The van der Waals surface area contributed by atoms with Crippen LogP contribution in [0.3, 0.4) is 0 Å². The molecule has 3 N–H and O–H groups in total. The molecule has 2 rings (SSSR count). The van der Waals surface area contributed by atoms with E-state index in [1.54, 1.807) is 6.20 Å². The van der Waals surface area contributed by atoms with E-state index in [0.29, 0.717) is 0 Å². The van der Waals surface area contributed by atoms with Gasteiger partial charge in [0.25, 0.3) is 0 Å². The summed E-state index contributed by atoms with van der Waals surface area (Å²) in [7, 11) is 0. The molecular weight excluding hydrogens is 200 g/mol. The van der Waals surface area contributed by atoms with Crippen molar-refractivity contribution in [3.8, 4) is 0 Å². The number of aromatic nitrogens is 2. The topological polar surface area (TPSA) is 63.8 Å². The average Bonchev–Trinajstić information content (AvgIpc) is 2.34. The van der Waals surface area contributed by atoms with Gasteiger partial charge in [-0.1, -0.05) is 29.8 Å². The zero-order valence-electron chi connectivity index (χ0n) is 9.09. The van der Waals surface area contributed by atoms with Crippen molar-refractivity contribution in [3.05, 3.63) is 59.7 Å². The molecule has 1 unspecified atom stereocenters.